The van der Waals surface area contributed by atoms with E-state index in [0.717, 1.165) is 16.7 Å². The predicted molar refractivity (Wildman–Crippen MR) is 61.4 cm³/mol. The normalized spacial score (nSPS) is 11.3. The lowest BCUT2D eigenvalue weighted by atomic mass is 10.0. The summed E-state index contributed by atoms with van der Waals surface area (Å²) in [4.78, 5) is 0. The quantitative estimate of drug-likeness (QED) is 0.752. The van der Waals surface area contributed by atoms with Gasteiger partial charge in [0.1, 0.15) is 5.75 Å². The minimum Gasteiger partial charge on any atom is -0.496 e. The molecule has 1 aromatic carbocycles. The highest BCUT2D eigenvalue weighted by atomic mass is 16.5. The Balaban J connectivity index is 2.74. The average Bonchev–Trinajstić information content (AvgIpc) is 2.55. The summed E-state index contributed by atoms with van der Waals surface area (Å²) >= 11 is 0. The summed E-state index contributed by atoms with van der Waals surface area (Å²) in [7, 11) is 3.64. The Bertz CT molecular complexity index is 486. The second-order valence-electron chi connectivity index (χ2n) is 4.08. The number of benzene rings is 1. The molecule has 0 aliphatic carbocycles. The van der Waals surface area contributed by atoms with Gasteiger partial charge in [-0.2, -0.15) is 5.10 Å². The number of ether oxygens (including phenoxy) is 1. The van der Waals surface area contributed by atoms with Crippen molar-refractivity contribution < 1.29 is 4.74 Å². The molecule has 1 aromatic heterocycles. The van der Waals surface area contributed by atoms with Crippen LogP contribution in [0.3, 0.4) is 0 Å². The maximum atomic E-state index is 5.48. The summed E-state index contributed by atoms with van der Waals surface area (Å²) in [5, 5.41) is 5.45. The summed E-state index contributed by atoms with van der Waals surface area (Å²) in [6, 6.07) is 4.14. The monoisotopic (exact) mass is 204 g/mol. The molecule has 0 unspecified atom stereocenters. The Morgan fingerprint density at radius 1 is 1.33 bits per heavy atom. The fourth-order valence-electron chi connectivity index (χ4n) is 1.89. The van der Waals surface area contributed by atoms with Crippen LogP contribution in [0, 0.1) is 0 Å². The minimum absolute atomic E-state index is 0.463. The lowest BCUT2D eigenvalue weighted by Crippen LogP contribution is -1.94. The number of fused-ring (bicyclic) bond motifs is 1. The number of hydrogen-bond acceptors (Lipinski definition) is 2. The summed E-state index contributed by atoms with van der Waals surface area (Å²) in [5.41, 5.74) is 2.22. The Morgan fingerprint density at radius 3 is 2.67 bits per heavy atom. The van der Waals surface area contributed by atoms with Gasteiger partial charge >= 0.3 is 0 Å². The van der Waals surface area contributed by atoms with Gasteiger partial charge in [0.2, 0.25) is 0 Å². The van der Waals surface area contributed by atoms with Crippen molar-refractivity contribution in [2.24, 2.45) is 7.05 Å². The van der Waals surface area contributed by atoms with Crippen LogP contribution in [0.15, 0.2) is 18.3 Å². The van der Waals surface area contributed by atoms with Crippen LogP contribution < -0.4 is 4.74 Å². The van der Waals surface area contributed by atoms with Gasteiger partial charge in [-0.15, -0.1) is 0 Å². The van der Waals surface area contributed by atoms with Gasteiger partial charge in [-0.1, -0.05) is 19.9 Å². The Kier molecular flexibility index (Phi) is 2.39. The predicted octanol–water partition coefficient (Wildman–Crippen LogP) is 2.71. The number of hydrogen-bond donors (Lipinski definition) is 0. The maximum absolute atomic E-state index is 5.48. The molecule has 0 atom stereocenters. The largest absolute Gasteiger partial charge is 0.496 e. The van der Waals surface area contributed by atoms with Gasteiger partial charge < -0.3 is 4.74 Å². The minimum atomic E-state index is 0.463. The highest BCUT2D eigenvalue weighted by Gasteiger charge is 2.12. The van der Waals surface area contributed by atoms with Gasteiger partial charge in [-0.05, 0) is 17.5 Å². The molecule has 0 fully saturated rings. The molecule has 1 heterocycles. The molecular weight excluding hydrogens is 188 g/mol. The van der Waals surface area contributed by atoms with Crippen molar-refractivity contribution in [3.8, 4) is 5.75 Å². The molecule has 0 amide bonds. The standard InChI is InChI=1S/C12H16N2O/c1-8(2)9-5-6-11-10(12(9)15-4)7-14(3)13-11/h5-8H,1-4H3. The van der Waals surface area contributed by atoms with Gasteiger partial charge in [0, 0.05) is 13.2 Å². The molecule has 0 bridgehead atoms. The topological polar surface area (TPSA) is 27.1 Å². The molecule has 0 saturated heterocycles. The first kappa shape index (κ1) is 10.0. The van der Waals surface area contributed by atoms with Crippen molar-refractivity contribution in [1.82, 2.24) is 9.78 Å². The van der Waals surface area contributed by atoms with E-state index >= 15 is 0 Å². The van der Waals surface area contributed by atoms with Gasteiger partial charge in [0.15, 0.2) is 0 Å². The number of methoxy groups -OCH3 is 1. The summed E-state index contributed by atoms with van der Waals surface area (Å²) in [5.74, 6) is 1.42. The molecule has 0 saturated carbocycles. The van der Waals surface area contributed by atoms with E-state index in [2.05, 4.69) is 25.0 Å². The SMILES string of the molecule is COc1c(C(C)C)ccc2nn(C)cc12. The van der Waals surface area contributed by atoms with Crippen LogP contribution in [-0.2, 0) is 7.05 Å². The second-order valence-corrected chi connectivity index (χ2v) is 4.08. The molecule has 0 aliphatic heterocycles. The van der Waals surface area contributed by atoms with E-state index in [1.165, 1.54) is 5.56 Å². The lowest BCUT2D eigenvalue weighted by Gasteiger charge is -2.11. The van der Waals surface area contributed by atoms with Gasteiger partial charge in [0.05, 0.1) is 18.0 Å². The molecule has 2 rings (SSSR count). The summed E-state index contributed by atoms with van der Waals surface area (Å²) < 4.78 is 7.30. The third-order valence-electron chi connectivity index (χ3n) is 2.61. The second kappa shape index (κ2) is 3.57. The number of rotatable bonds is 2. The highest BCUT2D eigenvalue weighted by molar-refractivity contribution is 5.86. The molecule has 0 radical (unpaired) electrons. The van der Waals surface area contributed by atoms with E-state index < -0.39 is 0 Å². The molecular formula is C12H16N2O. The van der Waals surface area contributed by atoms with Crippen LogP contribution in [0.2, 0.25) is 0 Å². The molecule has 2 aromatic rings. The zero-order valence-corrected chi connectivity index (χ0v) is 9.61. The van der Waals surface area contributed by atoms with E-state index in [1.807, 2.05) is 24.0 Å². The van der Waals surface area contributed by atoms with Crippen molar-refractivity contribution in [2.45, 2.75) is 19.8 Å². The molecule has 15 heavy (non-hydrogen) atoms. The van der Waals surface area contributed by atoms with E-state index in [9.17, 15) is 0 Å². The van der Waals surface area contributed by atoms with E-state index in [1.54, 1.807) is 7.11 Å². The zero-order chi connectivity index (χ0) is 11.0. The van der Waals surface area contributed by atoms with Crippen molar-refractivity contribution >= 4 is 10.9 Å². The summed E-state index contributed by atoms with van der Waals surface area (Å²) in [6.07, 6.45) is 2.00. The third-order valence-corrected chi connectivity index (χ3v) is 2.61. The van der Waals surface area contributed by atoms with Crippen LogP contribution in [-0.4, -0.2) is 16.9 Å². The number of aryl methyl sites for hydroxylation is 1. The van der Waals surface area contributed by atoms with Crippen LogP contribution in [0.25, 0.3) is 10.9 Å². The molecule has 80 valence electrons. The van der Waals surface area contributed by atoms with Crippen molar-refractivity contribution in [3.05, 3.63) is 23.9 Å². The maximum Gasteiger partial charge on any atom is 0.133 e. The molecule has 0 spiro atoms. The summed E-state index contributed by atoms with van der Waals surface area (Å²) in [6.45, 7) is 4.33. The molecule has 0 aliphatic rings. The molecule has 3 heteroatoms. The van der Waals surface area contributed by atoms with Crippen molar-refractivity contribution in [2.75, 3.05) is 7.11 Å². The number of aromatic nitrogens is 2. The highest BCUT2D eigenvalue weighted by Crippen LogP contribution is 2.33. The van der Waals surface area contributed by atoms with Crippen molar-refractivity contribution in [1.29, 1.82) is 0 Å². The van der Waals surface area contributed by atoms with E-state index in [4.69, 9.17) is 4.74 Å². The average molecular weight is 204 g/mol. The lowest BCUT2D eigenvalue weighted by molar-refractivity contribution is 0.412. The Hall–Kier alpha value is -1.51. The van der Waals surface area contributed by atoms with Crippen LogP contribution in [0.4, 0.5) is 0 Å². The van der Waals surface area contributed by atoms with Crippen LogP contribution in [0.5, 0.6) is 5.75 Å². The van der Waals surface area contributed by atoms with Gasteiger partial charge in [-0.25, -0.2) is 0 Å². The van der Waals surface area contributed by atoms with Crippen molar-refractivity contribution in [3.63, 3.8) is 0 Å². The fourth-order valence-corrected chi connectivity index (χ4v) is 1.89. The molecule has 0 N–H and O–H groups in total. The van der Waals surface area contributed by atoms with Gasteiger partial charge in [-0.3, -0.25) is 4.68 Å². The van der Waals surface area contributed by atoms with Crippen LogP contribution >= 0.6 is 0 Å². The first-order valence-electron chi connectivity index (χ1n) is 5.13. The zero-order valence-electron chi connectivity index (χ0n) is 9.61. The van der Waals surface area contributed by atoms with E-state index in [0.29, 0.717) is 5.92 Å². The smallest absolute Gasteiger partial charge is 0.133 e. The molecule has 3 nitrogen and oxygen atoms in total. The number of nitrogens with zero attached hydrogens (tertiary/aromatic N) is 2. The van der Waals surface area contributed by atoms with Gasteiger partial charge in [0.25, 0.3) is 0 Å². The first-order valence-corrected chi connectivity index (χ1v) is 5.13. The third kappa shape index (κ3) is 1.58. The Labute approximate surface area is 89.7 Å². The van der Waals surface area contributed by atoms with Crippen LogP contribution in [0.1, 0.15) is 25.3 Å². The Morgan fingerprint density at radius 2 is 2.07 bits per heavy atom. The first-order chi connectivity index (χ1) is 7.13. The van der Waals surface area contributed by atoms with E-state index in [-0.39, 0.29) is 0 Å². The fraction of sp³-hybridized carbons (Fsp3) is 0.417.